The van der Waals surface area contributed by atoms with Gasteiger partial charge in [0.05, 0.1) is 24.9 Å². The minimum absolute atomic E-state index is 0.0284. The maximum Gasteiger partial charge on any atom is 0.269 e. The Balaban J connectivity index is 1.59. The number of carbonyl (C=O) groups excluding carboxylic acids is 2. The number of benzene rings is 2. The number of carbonyl (C=O) groups is 2. The van der Waals surface area contributed by atoms with E-state index in [0.29, 0.717) is 39.0 Å². The van der Waals surface area contributed by atoms with Gasteiger partial charge in [-0.15, -0.1) is 0 Å². The Morgan fingerprint density at radius 1 is 0.870 bits per heavy atom. The molecule has 5 atom stereocenters. The van der Waals surface area contributed by atoms with Crippen molar-refractivity contribution < 1.29 is 35.1 Å². The maximum absolute atomic E-state index is 12.6. The molecule has 54 heavy (non-hydrogen) atoms. The summed E-state index contributed by atoms with van der Waals surface area (Å²) < 4.78 is 0. The molecule has 0 unspecified atom stereocenters. The molecule has 0 radical (unpaired) electrons. The van der Waals surface area contributed by atoms with E-state index in [-0.39, 0.29) is 28.9 Å². The van der Waals surface area contributed by atoms with Crippen molar-refractivity contribution in [3.8, 4) is 0 Å². The van der Waals surface area contributed by atoms with E-state index >= 15 is 0 Å². The van der Waals surface area contributed by atoms with E-state index in [2.05, 4.69) is 39.3 Å². The van der Waals surface area contributed by atoms with Gasteiger partial charge in [0, 0.05) is 13.1 Å². The van der Waals surface area contributed by atoms with E-state index in [1.54, 1.807) is 0 Å². The molecule has 0 bridgehead atoms. The van der Waals surface area contributed by atoms with Gasteiger partial charge in [0.25, 0.3) is 5.91 Å². The first-order chi connectivity index (χ1) is 25.9. The Bertz CT molecular complexity index is 1670. The lowest BCUT2D eigenvalue weighted by molar-refractivity contribution is -0.120. The predicted molar refractivity (Wildman–Crippen MR) is 209 cm³/mol. The van der Waals surface area contributed by atoms with Gasteiger partial charge in [-0.1, -0.05) is 74.2 Å². The molecule has 0 saturated heterocycles. The van der Waals surface area contributed by atoms with E-state index < -0.39 is 48.9 Å². The molecule has 3 rings (SSSR count). The highest BCUT2D eigenvalue weighted by molar-refractivity contribution is 6.29. The molecule has 12 N–H and O–H groups in total. The van der Waals surface area contributed by atoms with Crippen molar-refractivity contribution in [1.29, 1.82) is 0 Å². The topological polar surface area (TPSA) is 267 Å². The number of aromatic nitrogens is 2. The van der Waals surface area contributed by atoms with Gasteiger partial charge >= 0.3 is 0 Å². The summed E-state index contributed by atoms with van der Waals surface area (Å²) in [5, 5.41) is 55.3. The number of halogens is 1. The van der Waals surface area contributed by atoms with Crippen LogP contribution in [0.4, 0.5) is 0 Å². The SMILES string of the molecule is CCCCCCN(CCCN[C@@H](Cc1ccc(CCCCN=C(N)c2ncc(Cl)nc2C(N)=O)c2ccccc12)C(N)=O)C[C@H](O)[C@@H](O)[C@H](O)[C@H](O)CO. The molecule has 0 fully saturated rings. The molecule has 0 aliphatic heterocycles. The van der Waals surface area contributed by atoms with Crippen molar-refractivity contribution >= 4 is 40.0 Å². The van der Waals surface area contributed by atoms with E-state index in [9.17, 15) is 30.0 Å². The Morgan fingerprint density at radius 2 is 1.54 bits per heavy atom. The van der Waals surface area contributed by atoms with Crippen LogP contribution < -0.4 is 22.5 Å². The summed E-state index contributed by atoms with van der Waals surface area (Å²) >= 11 is 5.84. The molecular weight excluding hydrogens is 716 g/mol. The van der Waals surface area contributed by atoms with Crippen molar-refractivity contribution in [3.63, 3.8) is 0 Å². The lowest BCUT2D eigenvalue weighted by Gasteiger charge is -2.30. The zero-order valence-corrected chi connectivity index (χ0v) is 31.7. The number of aliphatic hydroxyl groups is 5. The van der Waals surface area contributed by atoms with Crippen LogP contribution in [0.25, 0.3) is 10.8 Å². The number of fused-ring (bicyclic) bond motifs is 1. The minimum Gasteiger partial charge on any atom is -0.394 e. The predicted octanol–water partition coefficient (Wildman–Crippen LogP) is 0.805. The zero-order chi connectivity index (χ0) is 39.6. The van der Waals surface area contributed by atoms with Crippen LogP contribution in [0.15, 0.2) is 47.6 Å². The monoisotopic (exact) mass is 772 g/mol. The van der Waals surface area contributed by atoms with E-state index in [4.69, 9.17) is 33.9 Å². The number of hydrogen-bond donors (Lipinski definition) is 9. The summed E-state index contributed by atoms with van der Waals surface area (Å²) in [5.41, 5.74) is 19.4. The number of unbranched alkanes of at least 4 members (excludes halogenated alkanes) is 4. The normalized spacial score (nSPS) is 14.9. The molecule has 1 heterocycles. The fourth-order valence-corrected chi connectivity index (χ4v) is 6.45. The molecule has 16 heteroatoms. The van der Waals surface area contributed by atoms with Gasteiger partial charge in [-0.05, 0) is 80.1 Å². The lowest BCUT2D eigenvalue weighted by Crippen LogP contribution is -2.50. The molecule has 15 nitrogen and oxygen atoms in total. The van der Waals surface area contributed by atoms with Crippen molar-refractivity contribution in [3.05, 3.63) is 70.3 Å². The standard InChI is InChI=1S/C38H57ClN8O7/c1-2-3-4-9-18-47(22-29(49)34(51)35(52)30(50)23-48)19-10-17-43-28(37(41)53)20-25-15-14-24(26-12-5-6-13-27(25)26)11-7-8-16-44-36(40)32-33(38(42)54)46-31(39)21-45-32/h5-6,12-15,21,28-30,34-35,43,48-52H,2-4,7-11,16-20,22-23H2,1H3,(H2,40,44)(H2,41,53)(H2,42,54)/t28-,29-,30+,34+,35+/m0/s1. The maximum atomic E-state index is 12.6. The van der Waals surface area contributed by atoms with E-state index in [1.807, 2.05) is 29.2 Å². The van der Waals surface area contributed by atoms with Gasteiger partial charge in [-0.2, -0.15) is 0 Å². The Morgan fingerprint density at radius 3 is 2.20 bits per heavy atom. The largest absolute Gasteiger partial charge is 0.394 e. The van der Waals surface area contributed by atoms with Crippen LogP contribution in [0.3, 0.4) is 0 Å². The fraction of sp³-hybridized carbons (Fsp3) is 0.553. The van der Waals surface area contributed by atoms with Crippen molar-refractivity contribution in [1.82, 2.24) is 20.2 Å². The van der Waals surface area contributed by atoms with Crippen LogP contribution >= 0.6 is 11.6 Å². The fourth-order valence-electron chi connectivity index (χ4n) is 6.31. The number of nitrogens with zero attached hydrogens (tertiary/aromatic N) is 4. The average molecular weight is 773 g/mol. The van der Waals surface area contributed by atoms with Gasteiger partial charge in [0.1, 0.15) is 35.0 Å². The number of amidine groups is 1. The van der Waals surface area contributed by atoms with Crippen LogP contribution in [0, 0.1) is 0 Å². The van der Waals surface area contributed by atoms with Crippen LogP contribution in [0.5, 0.6) is 0 Å². The van der Waals surface area contributed by atoms with Gasteiger partial charge in [0.15, 0.2) is 5.69 Å². The van der Waals surface area contributed by atoms with E-state index in [1.165, 1.54) is 6.20 Å². The summed E-state index contributed by atoms with van der Waals surface area (Å²) in [4.78, 5) is 38.6. The first kappa shape index (κ1) is 44.6. The molecule has 0 saturated carbocycles. The van der Waals surface area contributed by atoms with E-state index in [0.717, 1.165) is 66.8 Å². The molecule has 298 valence electrons. The molecule has 2 aromatic carbocycles. The van der Waals surface area contributed by atoms with Crippen LogP contribution in [0.1, 0.15) is 79.2 Å². The highest BCUT2D eigenvalue weighted by atomic mass is 35.5. The number of rotatable bonds is 26. The summed E-state index contributed by atoms with van der Waals surface area (Å²) in [7, 11) is 0. The van der Waals surface area contributed by atoms with Crippen LogP contribution in [-0.2, 0) is 17.6 Å². The average Bonchev–Trinajstić information content (AvgIpc) is 3.16. The number of nitrogens with one attached hydrogen (secondary N) is 1. The minimum atomic E-state index is -1.68. The number of amides is 2. The second-order valence-electron chi connectivity index (χ2n) is 13.5. The summed E-state index contributed by atoms with van der Waals surface area (Å²) in [6.07, 6.45) is 2.45. The van der Waals surface area contributed by atoms with Crippen molar-refractivity contribution in [2.75, 3.05) is 39.3 Å². The molecule has 3 aromatic rings. The molecule has 0 aliphatic carbocycles. The highest BCUT2D eigenvalue weighted by Gasteiger charge is 2.31. The first-order valence-corrected chi connectivity index (χ1v) is 19.0. The van der Waals surface area contributed by atoms with Gasteiger partial charge in [0.2, 0.25) is 5.91 Å². The van der Waals surface area contributed by atoms with Gasteiger partial charge in [-0.3, -0.25) is 14.6 Å². The number of aliphatic imine (C=N–C) groups is 1. The Labute approximate surface area is 321 Å². The third kappa shape index (κ3) is 13.8. The van der Waals surface area contributed by atoms with Gasteiger partial charge < -0.3 is 53.0 Å². The van der Waals surface area contributed by atoms with Crippen LogP contribution in [0.2, 0.25) is 5.15 Å². The summed E-state index contributed by atoms with van der Waals surface area (Å²) in [6.45, 7) is 3.54. The second kappa shape index (κ2) is 23.2. The first-order valence-electron chi connectivity index (χ1n) is 18.6. The number of aliphatic hydroxyl groups excluding tert-OH is 5. The smallest absolute Gasteiger partial charge is 0.269 e. The molecule has 0 spiro atoms. The Kier molecular flexibility index (Phi) is 19.2. The number of hydrogen-bond acceptors (Lipinski definition) is 12. The zero-order valence-electron chi connectivity index (χ0n) is 31.0. The molecule has 1 aromatic heterocycles. The number of primary amides is 2. The number of nitrogens with two attached hydrogens (primary N) is 3. The summed E-state index contributed by atoms with van der Waals surface area (Å²) in [6, 6.07) is 11.5. The molecule has 2 amide bonds. The molecule has 0 aliphatic rings. The van der Waals surface area contributed by atoms with Gasteiger partial charge in [-0.25, -0.2) is 9.97 Å². The second-order valence-corrected chi connectivity index (χ2v) is 13.9. The summed E-state index contributed by atoms with van der Waals surface area (Å²) in [5.74, 6) is -1.21. The molecular formula is C38H57ClN8O7. The quantitative estimate of drug-likeness (QED) is 0.0312. The Hall–Kier alpha value is -3.80. The third-order valence-corrected chi connectivity index (χ3v) is 9.55. The third-order valence-electron chi connectivity index (χ3n) is 9.37. The van der Waals surface area contributed by atoms with Crippen molar-refractivity contribution in [2.45, 2.75) is 95.2 Å². The lowest BCUT2D eigenvalue weighted by atomic mass is 9.93. The van der Waals surface area contributed by atoms with Crippen LogP contribution in [-0.4, -0.2) is 128 Å². The number of aryl methyl sites for hydroxylation is 1. The highest BCUT2D eigenvalue weighted by Crippen LogP contribution is 2.25. The van der Waals surface area contributed by atoms with Crippen molar-refractivity contribution in [2.24, 2.45) is 22.2 Å².